The number of nitrogens with zero attached hydrogens (tertiary/aromatic N) is 2. The molecule has 0 radical (unpaired) electrons. The molecule has 0 unspecified atom stereocenters. The van der Waals surface area contributed by atoms with Crippen LogP contribution in [0.3, 0.4) is 0 Å². The molecule has 5 nitrogen and oxygen atoms in total. The number of aliphatic hydroxyl groups is 1. The Hall–Kier alpha value is -1.62. The summed E-state index contributed by atoms with van der Waals surface area (Å²) in [6.45, 7) is 11.6. The Morgan fingerprint density at radius 1 is 1.29 bits per heavy atom. The maximum atomic E-state index is 12.0. The van der Waals surface area contributed by atoms with Crippen LogP contribution in [0.2, 0.25) is 0 Å². The molecule has 0 aromatic carbocycles. The lowest BCUT2D eigenvalue weighted by Crippen LogP contribution is -2.41. The number of rotatable bonds is 7. The van der Waals surface area contributed by atoms with E-state index in [9.17, 15) is 9.59 Å². The third-order valence-electron chi connectivity index (χ3n) is 2.39. The maximum Gasteiger partial charge on any atom is 0.269 e. The van der Waals surface area contributed by atoms with Crippen molar-refractivity contribution in [3.8, 4) is 0 Å². The van der Waals surface area contributed by atoms with Crippen LogP contribution in [0.15, 0.2) is 24.9 Å². The lowest BCUT2D eigenvalue weighted by atomic mass is 10.3. The van der Waals surface area contributed by atoms with Gasteiger partial charge in [-0.25, -0.2) is 0 Å². The monoisotopic (exact) mass is 240 g/mol. The molecule has 1 N–H and O–H groups in total. The summed E-state index contributed by atoms with van der Waals surface area (Å²) >= 11 is 0. The summed E-state index contributed by atoms with van der Waals surface area (Å²) in [6.07, 6.45) is 1.09. The van der Waals surface area contributed by atoms with E-state index in [1.54, 1.807) is 4.90 Å². The first-order chi connectivity index (χ1) is 8.03. The van der Waals surface area contributed by atoms with Gasteiger partial charge in [-0.05, 0) is 19.9 Å². The summed E-state index contributed by atoms with van der Waals surface area (Å²) in [6, 6.07) is 0. The van der Waals surface area contributed by atoms with Crippen LogP contribution in [0.25, 0.3) is 0 Å². The average molecular weight is 240 g/mol. The van der Waals surface area contributed by atoms with Crippen molar-refractivity contribution < 1.29 is 14.7 Å². The minimum atomic E-state index is -0.440. The molecule has 0 spiro atoms. The van der Waals surface area contributed by atoms with Gasteiger partial charge in [-0.3, -0.25) is 9.59 Å². The fourth-order valence-corrected chi connectivity index (χ4v) is 1.40. The van der Waals surface area contributed by atoms with E-state index in [-0.39, 0.29) is 24.8 Å². The highest BCUT2D eigenvalue weighted by Crippen LogP contribution is 2.07. The molecular weight excluding hydrogens is 220 g/mol. The van der Waals surface area contributed by atoms with Crippen LogP contribution < -0.4 is 0 Å². The molecule has 0 saturated heterocycles. The number of likely N-dealkylation sites (N-methyl/N-ethyl adjacent to an activating group) is 1. The Morgan fingerprint density at radius 3 is 2.18 bits per heavy atom. The van der Waals surface area contributed by atoms with Crippen molar-refractivity contribution in [1.82, 2.24) is 9.80 Å². The molecular formula is C12H20N2O3. The van der Waals surface area contributed by atoms with Gasteiger partial charge in [0.1, 0.15) is 5.70 Å². The van der Waals surface area contributed by atoms with E-state index in [4.69, 9.17) is 5.11 Å². The zero-order chi connectivity index (χ0) is 13.4. The summed E-state index contributed by atoms with van der Waals surface area (Å²) < 4.78 is 0. The molecule has 0 saturated carbocycles. The second-order valence-corrected chi connectivity index (χ2v) is 3.34. The molecule has 96 valence electrons. The van der Waals surface area contributed by atoms with Gasteiger partial charge in [0.25, 0.3) is 11.8 Å². The predicted octanol–water partition coefficient (Wildman–Crippen LogP) is 0.375. The summed E-state index contributed by atoms with van der Waals surface area (Å²) in [5.74, 6) is -0.747. The summed E-state index contributed by atoms with van der Waals surface area (Å²) in [5, 5.41) is 8.87. The van der Waals surface area contributed by atoms with E-state index < -0.39 is 5.91 Å². The van der Waals surface area contributed by atoms with Crippen molar-refractivity contribution in [2.45, 2.75) is 13.8 Å². The molecule has 0 aromatic rings. The number of carbonyl (C=O) groups is 2. The van der Waals surface area contributed by atoms with Crippen LogP contribution in [0.4, 0.5) is 0 Å². The van der Waals surface area contributed by atoms with Gasteiger partial charge < -0.3 is 14.9 Å². The third kappa shape index (κ3) is 4.03. The van der Waals surface area contributed by atoms with Gasteiger partial charge in [0.05, 0.1) is 6.61 Å². The van der Waals surface area contributed by atoms with Gasteiger partial charge in [0.15, 0.2) is 0 Å². The van der Waals surface area contributed by atoms with E-state index in [1.807, 2.05) is 13.8 Å². The van der Waals surface area contributed by atoms with Crippen molar-refractivity contribution in [1.29, 1.82) is 0 Å². The normalized spacial score (nSPS) is 9.59. The van der Waals surface area contributed by atoms with Gasteiger partial charge >= 0.3 is 0 Å². The molecule has 0 aromatic heterocycles. The molecule has 2 amide bonds. The average Bonchev–Trinajstić information content (AvgIpc) is 2.35. The van der Waals surface area contributed by atoms with Crippen molar-refractivity contribution in [3.63, 3.8) is 0 Å². The molecule has 0 heterocycles. The summed E-state index contributed by atoms with van der Waals surface area (Å²) in [7, 11) is 0. The predicted molar refractivity (Wildman–Crippen MR) is 66.1 cm³/mol. The van der Waals surface area contributed by atoms with Crippen LogP contribution >= 0.6 is 0 Å². The molecule has 0 aliphatic rings. The Kier molecular flexibility index (Phi) is 6.89. The third-order valence-corrected chi connectivity index (χ3v) is 2.39. The second kappa shape index (κ2) is 7.62. The number of carbonyl (C=O) groups excluding carboxylic acids is 2. The first-order valence-corrected chi connectivity index (χ1v) is 5.56. The van der Waals surface area contributed by atoms with Gasteiger partial charge in [0, 0.05) is 19.6 Å². The van der Waals surface area contributed by atoms with E-state index in [0.717, 1.165) is 11.0 Å². The first-order valence-electron chi connectivity index (χ1n) is 5.56. The summed E-state index contributed by atoms with van der Waals surface area (Å²) in [4.78, 5) is 26.2. The van der Waals surface area contributed by atoms with Gasteiger partial charge in [-0.2, -0.15) is 0 Å². The Bertz CT molecular complexity index is 309. The number of hydrogen-bond acceptors (Lipinski definition) is 3. The zero-order valence-electron chi connectivity index (χ0n) is 10.5. The quantitative estimate of drug-likeness (QED) is 0.654. The second-order valence-electron chi connectivity index (χ2n) is 3.34. The van der Waals surface area contributed by atoms with Crippen LogP contribution in [-0.4, -0.2) is 53.0 Å². The van der Waals surface area contributed by atoms with E-state index in [2.05, 4.69) is 13.2 Å². The van der Waals surface area contributed by atoms with Crippen molar-refractivity contribution in [2.75, 3.05) is 26.2 Å². The van der Waals surface area contributed by atoms with Crippen LogP contribution in [0.5, 0.6) is 0 Å². The molecule has 0 aliphatic heterocycles. The van der Waals surface area contributed by atoms with Crippen LogP contribution in [0.1, 0.15) is 13.8 Å². The highest BCUT2D eigenvalue weighted by atomic mass is 16.3. The van der Waals surface area contributed by atoms with Gasteiger partial charge in [-0.1, -0.05) is 13.2 Å². The Labute approximate surface area is 102 Å². The number of aliphatic hydroxyl groups excluding tert-OH is 1. The van der Waals surface area contributed by atoms with Gasteiger partial charge in [0.2, 0.25) is 0 Å². The molecule has 0 aliphatic carbocycles. The van der Waals surface area contributed by atoms with Crippen molar-refractivity contribution in [2.24, 2.45) is 0 Å². The van der Waals surface area contributed by atoms with E-state index >= 15 is 0 Å². The van der Waals surface area contributed by atoms with Crippen LogP contribution in [-0.2, 0) is 9.59 Å². The standard InChI is InChI=1S/C12H20N2O3/c1-5-11(16)14(8-9-15)10(4)12(17)13(6-2)7-3/h5,15H,1,4,6-9H2,2-3H3. The Morgan fingerprint density at radius 2 is 1.82 bits per heavy atom. The fraction of sp³-hybridized carbons (Fsp3) is 0.500. The lowest BCUT2D eigenvalue weighted by Gasteiger charge is -2.26. The SMILES string of the molecule is C=CC(=O)N(CCO)C(=C)C(=O)N(CC)CC. The van der Waals surface area contributed by atoms with Crippen molar-refractivity contribution >= 4 is 11.8 Å². The maximum absolute atomic E-state index is 12.0. The molecule has 0 rings (SSSR count). The minimum absolute atomic E-state index is 0.0384. The molecule has 0 atom stereocenters. The lowest BCUT2D eigenvalue weighted by molar-refractivity contribution is -0.133. The number of hydrogen-bond donors (Lipinski definition) is 1. The molecule has 5 heteroatoms. The van der Waals surface area contributed by atoms with E-state index in [1.165, 1.54) is 0 Å². The molecule has 17 heavy (non-hydrogen) atoms. The molecule has 0 fully saturated rings. The zero-order valence-corrected chi connectivity index (χ0v) is 10.5. The highest BCUT2D eigenvalue weighted by Gasteiger charge is 2.22. The highest BCUT2D eigenvalue weighted by molar-refractivity contribution is 5.99. The topological polar surface area (TPSA) is 60.9 Å². The fourth-order valence-electron chi connectivity index (χ4n) is 1.40. The van der Waals surface area contributed by atoms with Crippen LogP contribution in [0, 0.1) is 0 Å². The largest absolute Gasteiger partial charge is 0.395 e. The minimum Gasteiger partial charge on any atom is -0.395 e. The van der Waals surface area contributed by atoms with Gasteiger partial charge in [-0.15, -0.1) is 0 Å². The summed E-state index contributed by atoms with van der Waals surface area (Å²) in [5.41, 5.74) is 0.0626. The van der Waals surface area contributed by atoms with E-state index in [0.29, 0.717) is 13.1 Å². The van der Waals surface area contributed by atoms with Crippen molar-refractivity contribution in [3.05, 3.63) is 24.9 Å². The Balaban J connectivity index is 4.88. The molecule has 0 bridgehead atoms. The smallest absolute Gasteiger partial charge is 0.269 e. The number of amides is 2. The first kappa shape index (κ1) is 15.4.